The normalized spacial score (nSPS) is 24.7. The number of benzene rings is 1. The molecule has 4 rings (SSSR count). The molecular weight excluding hydrogens is 346 g/mol. The summed E-state index contributed by atoms with van der Waals surface area (Å²) in [5.41, 5.74) is 1.58. The van der Waals surface area contributed by atoms with E-state index in [9.17, 15) is 14.7 Å². The molecule has 2 atom stereocenters. The number of ketones is 1. The molecule has 2 unspecified atom stereocenters. The van der Waals surface area contributed by atoms with Crippen LogP contribution < -0.4 is 0 Å². The van der Waals surface area contributed by atoms with E-state index < -0.39 is 17.7 Å². The number of hydrogen-bond donors (Lipinski definition) is 1. The molecule has 0 aliphatic carbocycles. The van der Waals surface area contributed by atoms with Gasteiger partial charge in [-0.2, -0.15) is 0 Å². The summed E-state index contributed by atoms with van der Waals surface area (Å²) >= 11 is 0. The zero-order valence-corrected chi connectivity index (χ0v) is 15.1. The van der Waals surface area contributed by atoms with Crippen LogP contribution in [0.4, 0.5) is 0 Å². The average molecular weight is 367 g/mol. The first-order valence-electron chi connectivity index (χ1n) is 9.06. The Morgan fingerprint density at radius 1 is 1.22 bits per heavy atom. The summed E-state index contributed by atoms with van der Waals surface area (Å²) in [4.78, 5) is 27.0. The molecule has 1 N–H and O–H groups in total. The molecule has 3 heterocycles. The summed E-state index contributed by atoms with van der Waals surface area (Å²) in [6, 6.07) is 9.81. The number of nitrogens with zero attached hydrogens (tertiary/aromatic N) is 1. The van der Waals surface area contributed by atoms with Gasteiger partial charge in [0.1, 0.15) is 17.6 Å². The Labute approximate surface area is 157 Å². The van der Waals surface area contributed by atoms with Crippen molar-refractivity contribution >= 4 is 17.4 Å². The first kappa shape index (κ1) is 17.5. The van der Waals surface area contributed by atoms with Crippen molar-refractivity contribution in [1.29, 1.82) is 0 Å². The Hall–Kier alpha value is -2.86. The number of amides is 1. The number of carbonyl (C=O) groups is 2. The van der Waals surface area contributed by atoms with Gasteiger partial charge >= 0.3 is 0 Å². The van der Waals surface area contributed by atoms with E-state index in [4.69, 9.17) is 9.15 Å². The number of Topliss-reactive ketones (excluding diaryl/α,β-unsaturated/α-hetero) is 1. The van der Waals surface area contributed by atoms with Crippen LogP contribution in [0.5, 0.6) is 0 Å². The van der Waals surface area contributed by atoms with Crippen LogP contribution in [0.3, 0.4) is 0 Å². The number of aliphatic hydroxyl groups is 1. The standard InChI is InChI=1S/C21H21NO5/c1-13-6-8-14(9-7-13)19(23)17-18(16-5-3-11-27-16)22(21(25)20(17)24)12-15-4-2-10-26-15/h3,5-9,11,15,18,23H,2,4,10,12H2,1H3. The molecule has 0 bridgehead atoms. The Morgan fingerprint density at radius 2 is 2.00 bits per heavy atom. The van der Waals surface area contributed by atoms with Gasteiger partial charge in [-0.25, -0.2) is 0 Å². The van der Waals surface area contributed by atoms with Gasteiger partial charge in [-0.3, -0.25) is 9.59 Å². The monoisotopic (exact) mass is 367 g/mol. The minimum atomic E-state index is -0.759. The van der Waals surface area contributed by atoms with E-state index in [0.717, 1.165) is 18.4 Å². The highest BCUT2D eigenvalue weighted by molar-refractivity contribution is 6.46. The molecule has 6 nitrogen and oxygen atoms in total. The molecule has 2 aliphatic heterocycles. The largest absolute Gasteiger partial charge is 0.507 e. The highest BCUT2D eigenvalue weighted by atomic mass is 16.5. The van der Waals surface area contributed by atoms with Crippen molar-refractivity contribution in [1.82, 2.24) is 4.90 Å². The van der Waals surface area contributed by atoms with Crippen LogP contribution in [-0.4, -0.2) is 41.0 Å². The smallest absolute Gasteiger partial charge is 0.295 e. The molecule has 2 aromatic rings. The third-order valence-electron chi connectivity index (χ3n) is 5.10. The van der Waals surface area contributed by atoms with Crippen molar-refractivity contribution in [3.63, 3.8) is 0 Å². The Bertz CT molecular complexity index is 876. The van der Waals surface area contributed by atoms with Crippen LogP contribution in [0.1, 0.15) is 35.8 Å². The molecule has 2 aliphatic rings. The van der Waals surface area contributed by atoms with Crippen LogP contribution in [0.25, 0.3) is 5.76 Å². The molecular formula is C21H21NO5. The number of likely N-dealkylation sites (tertiary alicyclic amines) is 1. The van der Waals surface area contributed by atoms with Gasteiger partial charge in [0.15, 0.2) is 0 Å². The lowest BCUT2D eigenvalue weighted by Crippen LogP contribution is -2.36. The van der Waals surface area contributed by atoms with Crippen LogP contribution in [-0.2, 0) is 14.3 Å². The maximum atomic E-state index is 12.8. The van der Waals surface area contributed by atoms with Crippen molar-refractivity contribution in [2.45, 2.75) is 31.9 Å². The second kappa shape index (κ2) is 7.04. The number of aryl methyl sites for hydroxylation is 1. The van der Waals surface area contributed by atoms with Gasteiger partial charge in [-0.1, -0.05) is 29.8 Å². The summed E-state index contributed by atoms with van der Waals surface area (Å²) in [5, 5.41) is 10.9. The Morgan fingerprint density at radius 3 is 2.63 bits per heavy atom. The summed E-state index contributed by atoms with van der Waals surface area (Å²) in [7, 11) is 0. The number of carbonyl (C=O) groups excluding carboxylic acids is 2. The number of hydrogen-bond acceptors (Lipinski definition) is 5. The van der Waals surface area contributed by atoms with Crippen molar-refractivity contribution in [2.75, 3.05) is 13.2 Å². The molecule has 6 heteroatoms. The summed E-state index contributed by atoms with van der Waals surface area (Å²) in [6.45, 7) is 2.89. The van der Waals surface area contributed by atoms with Gasteiger partial charge in [0.2, 0.25) is 0 Å². The van der Waals surface area contributed by atoms with E-state index in [1.807, 2.05) is 19.1 Å². The fraction of sp³-hybridized carbons (Fsp3) is 0.333. The molecule has 1 amide bonds. The van der Waals surface area contributed by atoms with Gasteiger partial charge in [-0.15, -0.1) is 0 Å². The van der Waals surface area contributed by atoms with Gasteiger partial charge in [-0.05, 0) is 31.9 Å². The molecule has 1 aromatic heterocycles. The van der Waals surface area contributed by atoms with Gasteiger partial charge in [0.05, 0.1) is 17.9 Å². The summed E-state index contributed by atoms with van der Waals surface area (Å²) in [6.07, 6.45) is 3.16. The van der Waals surface area contributed by atoms with Crippen molar-refractivity contribution < 1.29 is 23.8 Å². The number of aliphatic hydroxyl groups excluding tert-OH is 1. The lowest BCUT2D eigenvalue weighted by Gasteiger charge is -2.25. The third kappa shape index (κ3) is 3.17. The predicted octanol–water partition coefficient (Wildman–Crippen LogP) is 3.19. The second-order valence-electron chi connectivity index (χ2n) is 6.97. The van der Waals surface area contributed by atoms with E-state index in [0.29, 0.717) is 24.5 Å². The van der Waals surface area contributed by atoms with Crippen LogP contribution in [0.2, 0.25) is 0 Å². The summed E-state index contributed by atoms with van der Waals surface area (Å²) in [5.74, 6) is -1.08. The highest BCUT2D eigenvalue weighted by Gasteiger charge is 2.48. The quantitative estimate of drug-likeness (QED) is 0.510. The molecule has 0 spiro atoms. The fourth-order valence-corrected chi connectivity index (χ4v) is 3.69. The zero-order chi connectivity index (χ0) is 19.0. The minimum absolute atomic E-state index is 0.0526. The van der Waals surface area contributed by atoms with Crippen LogP contribution >= 0.6 is 0 Å². The Balaban J connectivity index is 1.78. The molecule has 2 fully saturated rings. The summed E-state index contributed by atoms with van der Waals surface area (Å²) < 4.78 is 11.2. The molecule has 140 valence electrons. The van der Waals surface area contributed by atoms with E-state index in [-0.39, 0.29) is 17.4 Å². The lowest BCUT2D eigenvalue weighted by molar-refractivity contribution is -0.141. The third-order valence-corrected chi connectivity index (χ3v) is 5.10. The molecule has 27 heavy (non-hydrogen) atoms. The second-order valence-corrected chi connectivity index (χ2v) is 6.97. The fourth-order valence-electron chi connectivity index (χ4n) is 3.69. The van der Waals surface area contributed by atoms with Crippen LogP contribution in [0.15, 0.2) is 52.7 Å². The molecule has 2 saturated heterocycles. The maximum absolute atomic E-state index is 12.8. The van der Waals surface area contributed by atoms with Crippen molar-refractivity contribution in [2.24, 2.45) is 0 Å². The van der Waals surface area contributed by atoms with E-state index in [2.05, 4.69) is 0 Å². The van der Waals surface area contributed by atoms with Gasteiger partial charge in [0.25, 0.3) is 11.7 Å². The molecule has 1 aromatic carbocycles. The number of furan rings is 1. The molecule has 0 radical (unpaired) electrons. The topological polar surface area (TPSA) is 80.0 Å². The zero-order valence-electron chi connectivity index (χ0n) is 15.1. The highest BCUT2D eigenvalue weighted by Crippen LogP contribution is 2.40. The molecule has 0 saturated carbocycles. The van der Waals surface area contributed by atoms with Gasteiger partial charge < -0.3 is 19.2 Å². The number of ether oxygens (including phenoxy) is 1. The van der Waals surface area contributed by atoms with E-state index in [1.165, 1.54) is 11.2 Å². The van der Waals surface area contributed by atoms with E-state index >= 15 is 0 Å². The van der Waals surface area contributed by atoms with Gasteiger partial charge in [0, 0.05) is 18.7 Å². The number of rotatable bonds is 4. The first-order valence-corrected chi connectivity index (χ1v) is 9.06. The predicted molar refractivity (Wildman–Crippen MR) is 97.9 cm³/mol. The average Bonchev–Trinajstić information content (AvgIpc) is 3.40. The maximum Gasteiger partial charge on any atom is 0.295 e. The van der Waals surface area contributed by atoms with Crippen molar-refractivity contribution in [3.8, 4) is 0 Å². The lowest BCUT2D eigenvalue weighted by atomic mass is 9.98. The SMILES string of the molecule is Cc1ccc(C(O)=C2C(=O)C(=O)N(CC3CCCO3)C2c2ccco2)cc1. The van der Waals surface area contributed by atoms with Crippen LogP contribution in [0, 0.1) is 6.92 Å². The Kier molecular flexibility index (Phi) is 4.58. The minimum Gasteiger partial charge on any atom is -0.507 e. The van der Waals surface area contributed by atoms with Crippen molar-refractivity contribution in [3.05, 3.63) is 65.1 Å². The first-order chi connectivity index (χ1) is 13.1. The van der Waals surface area contributed by atoms with E-state index in [1.54, 1.807) is 24.3 Å².